The molecule has 1 aromatic rings. The van der Waals surface area contributed by atoms with Gasteiger partial charge in [0.05, 0.1) is 5.69 Å². The van der Waals surface area contributed by atoms with Gasteiger partial charge in [0.1, 0.15) is 0 Å². The number of halogens is 1. The van der Waals surface area contributed by atoms with Crippen LogP contribution in [0, 0.1) is 0 Å². The minimum atomic E-state index is 0.102. The monoisotopic (exact) mass is 193 g/mol. The van der Waals surface area contributed by atoms with Crippen molar-refractivity contribution in [3.8, 4) is 0 Å². The fraction of sp³-hybridized carbons (Fsp3) is 0.200. The molecule has 0 spiro atoms. The van der Waals surface area contributed by atoms with Crippen LogP contribution in [-0.4, -0.2) is 11.5 Å². The number of carbonyl (C=O) groups is 1. The first-order valence-corrected chi connectivity index (χ1v) is 4.41. The van der Waals surface area contributed by atoms with Gasteiger partial charge >= 0.3 is 0 Å². The maximum atomic E-state index is 11.5. The molecule has 0 radical (unpaired) electrons. The number of hydrogen-bond acceptors (Lipinski definition) is 2. The smallest absolute Gasteiger partial charge is 0.170 e. The average Bonchev–Trinajstić information content (AvgIpc) is 2.06. The number of carbonyl (C=O) groups excluding carboxylic acids is 1. The predicted molar refractivity (Wildman–Crippen MR) is 53.2 cm³/mol. The fourth-order valence-electron chi connectivity index (χ4n) is 1.40. The molecule has 3 heteroatoms. The van der Waals surface area contributed by atoms with E-state index in [4.69, 9.17) is 11.6 Å². The van der Waals surface area contributed by atoms with Crippen LogP contribution < -0.4 is 0 Å². The molecule has 1 aliphatic rings. The molecule has 0 atom stereocenters. The first kappa shape index (κ1) is 8.45. The molecule has 13 heavy (non-hydrogen) atoms. The lowest BCUT2D eigenvalue weighted by molar-refractivity contribution is 0.0999. The van der Waals surface area contributed by atoms with E-state index in [1.54, 1.807) is 18.2 Å². The molecular weight excluding hydrogens is 186 g/mol. The van der Waals surface area contributed by atoms with Gasteiger partial charge in [-0.1, -0.05) is 11.6 Å². The Bertz CT molecular complexity index is 409. The predicted octanol–water partition coefficient (Wildman–Crippen LogP) is 3.02. The number of ketones is 1. The minimum Gasteiger partial charge on any atom is -0.294 e. The van der Waals surface area contributed by atoms with E-state index in [2.05, 4.69) is 4.99 Å². The van der Waals surface area contributed by atoms with E-state index >= 15 is 0 Å². The largest absolute Gasteiger partial charge is 0.294 e. The molecule has 0 amide bonds. The van der Waals surface area contributed by atoms with Crippen LogP contribution in [0.2, 0.25) is 5.02 Å². The van der Waals surface area contributed by atoms with Gasteiger partial charge in [0.2, 0.25) is 0 Å². The van der Waals surface area contributed by atoms with Crippen LogP contribution in [0.5, 0.6) is 0 Å². The second-order valence-corrected chi connectivity index (χ2v) is 3.54. The van der Waals surface area contributed by atoms with Crippen molar-refractivity contribution in [2.24, 2.45) is 4.99 Å². The van der Waals surface area contributed by atoms with E-state index in [0.29, 0.717) is 17.0 Å². The summed E-state index contributed by atoms with van der Waals surface area (Å²) < 4.78 is 0. The molecule has 1 heterocycles. The third-order valence-electron chi connectivity index (χ3n) is 1.99. The molecule has 0 aliphatic carbocycles. The highest BCUT2D eigenvalue weighted by Gasteiger charge is 2.17. The maximum absolute atomic E-state index is 11.5. The minimum absolute atomic E-state index is 0.102. The number of aliphatic imine (C=N–C) groups is 1. The van der Waals surface area contributed by atoms with Crippen molar-refractivity contribution in [1.82, 2.24) is 0 Å². The molecule has 0 unspecified atom stereocenters. The number of nitrogens with zero attached hydrogens (tertiary/aromatic N) is 1. The summed E-state index contributed by atoms with van der Waals surface area (Å²) in [7, 11) is 0. The van der Waals surface area contributed by atoms with E-state index in [0.717, 1.165) is 11.4 Å². The van der Waals surface area contributed by atoms with Gasteiger partial charge in [0.25, 0.3) is 0 Å². The SMILES string of the molecule is CC1=Nc2ccc(Cl)cc2C(=O)C1. The molecule has 0 N–H and O–H groups in total. The third-order valence-corrected chi connectivity index (χ3v) is 2.22. The molecule has 0 aromatic heterocycles. The Balaban J connectivity index is 2.63. The van der Waals surface area contributed by atoms with E-state index < -0.39 is 0 Å². The Kier molecular flexibility index (Phi) is 1.93. The topological polar surface area (TPSA) is 29.4 Å². The first-order valence-electron chi connectivity index (χ1n) is 4.04. The van der Waals surface area contributed by atoms with Gasteiger partial charge < -0.3 is 0 Å². The average molecular weight is 194 g/mol. The van der Waals surface area contributed by atoms with Gasteiger partial charge in [-0.15, -0.1) is 0 Å². The van der Waals surface area contributed by atoms with E-state index in [1.807, 2.05) is 6.92 Å². The zero-order valence-corrected chi connectivity index (χ0v) is 7.93. The van der Waals surface area contributed by atoms with Gasteiger partial charge in [-0.3, -0.25) is 9.79 Å². The van der Waals surface area contributed by atoms with Crippen molar-refractivity contribution in [1.29, 1.82) is 0 Å². The zero-order valence-electron chi connectivity index (χ0n) is 7.17. The van der Waals surface area contributed by atoms with Crippen molar-refractivity contribution in [2.75, 3.05) is 0 Å². The van der Waals surface area contributed by atoms with Crippen molar-refractivity contribution in [2.45, 2.75) is 13.3 Å². The highest BCUT2D eigenvalue weighted by molar-refractivity contribution is 6.31. The molecule has 0 fully saturated rings. The molecule has 2 rings (SSSR count). The van der Waals surface area contributed by atoms with Gasteiger partial charge in [0, 0.05) is 22.7 Å². The molecule has 0 saturated carbocycles. The Labute approximate surface area is 81.2 Å². The quantitative estimate of drug-likeness (QED) is 0.623. The summed E-state index contributed by atoms with van der Waals surface area (Å²) in [6.45, 7) is 1.86. The van der Waals surface area contributed by atoms with E-state index in [1.165, 1.54) is 0 Å². The van der Waals surface area contributed by atoms with Gasteiger partial charge in [0.15, 0.2) is 5.78 Å². The van der Waals surface area contributed by atoms with Crippen LogP contribution in [0.4, 0.5) is 5.69 Å². The number of fused-ring (bicyclic) bond motifs is 1. The summed E-state index contributed by atoms with van der Waals surface area (Å²) >= 11 is 5.78. The standard InChI is InChI=1S/C10H8ClNO/c1-6-4-10(13)8-5-7(11)2-3-9(8)12-6/h2-3,5H,4H2,1H3. The lowest BCUT2D eigenvalue weighted by Crippen LogP contribution is -2.10. The van der Waals surface area contributed by atoms with Crippen LogP contribution in [0.1, 0.15) is 23.7 Å². The van der Waals surface area contributed by atoms with E-state index in [-0.39, 0.29) is 5.78 Å². The van der Waals surface area contributed by atoms with Gasteiger partial charge in [-0.05, 0) is 25.1 Å². The Morgan fingerprint density at radius 1 is 1.46 bits per heavy atom. The molecule has 66 valence electrons. The zero-order chi connectivity index (χ0) is 9.42. The Morgan fingerprint density at radius 2 is 2.23 bits per heavy atom. The van der Waals surface area contributed by atoms with Crippen LogP contribution in [0.15, 0.2) is 23.2 Å². The number of Topliss-reactive ketones (excluding diaryl/α,β-unsaturated/α-hetero) is 1. The molecule has 0 saturated heterocycles. The highest BCUT2D eigenvalue weighted by atomic mass is 35.5. The summed E-state index contributed by atoms with van der Waals surface area (Å²) in [5, 5.41) is 0.585. The van der Waals surface area contributed by atoms with Crippen LogP contribution in [0.25, 0.3) is 0 Å². The first-order chi connectivity index (χ1) is 6.16. The highest BCUT2D eigenvalue weighted by Crippen LogP contribution is 2.28. The Hall–Kier alpha value is -1.15. The van der Waals surface area contributed by atoms with Crippen molar-refractivity contribution in [3.63, 3.8) is 0 Å². The van der Waals surface area contributed by atoms with Gasteiger partial charge in [-0.2, -0.15) is 0 Å². The molecule has 0 bridgehead atoms. The molecule has 1 aromatic carbocycles. The number of benzene rings is 1. The second kappa shape index (κ2) is 2.96. The van der Waals surface area contributed by atoms with Crippen LogP contribution in [-0.2, 0) is 0 Å². The summed E-state index contributed by atoms with van der Waals surface area (Å²) in [6, 6.07) is 5.20. The summed E-state index contributed by atoms with van der Waals surface area (Å²) in [4.78, 5) is 15.8. The van der Waals surface area contributed by atoms with Crippen molar-refractivity contribution < 1.29 is 4.79 Å². The van der Waals surface area contributed by atoms with Crippen LogP contribution >= 0.6 is 11.6 Å². The van der Waals surface area contributed by atoms with Crippen molar-refractivity contribution in [3.05, 3.63) is 28.8 Å². The summed E-state index contributed by atoms with van der Waals surface area (Å²) in [6.07, 6.45) is 0.410. The van der Waals surface area contributed by atoms with E-state index in [9.17, 15) is 4.79 Å². The molecular formula is C10H8ClNO. The lowest BCUT2D eigenvalue weighted by Gasteiger charge is -2.11. The third kappa shape index (κ3) is 1.49. The maximum Gasteiger partial charge on any atom is 0.170 e. The fourth-order valence-corrected chi connectivity index (χ4v) is 1.57. The molecule has 1 aliphatic heterocycles. The number of hydrogen-bond donors (Lipinski definition) is 0. The van der Waals surface area contributed by atoms with Crippen LogP contribution in [0.3, 0.4) is 0 Å². The molecule has 2 nitrogen and oxygen atoms in total. The normalized spacial score (nSPS) is 15.2. The van der Waals surface area contributed by atoms with Gasteiger partial charge in [-0.25, -0.2) is 0 Å². The lowest BCUT2D eigenvalue weighted by atomic mass is 10.0. The summed E-state index contributed by atoms with van der Waals surface area (Å²) in [5.41, 5.74) is 2.23. The number of rotatable bonds is 0. The van der Waals surface area contributed by atoms with Crippen molar-refractivity contribution >= 4 is 28.8 Å². The Morgan fingerprint density at radius 3 is 3.00 bits per heavy atom. The second-order valence-electron chi connectivity index (χ2n) is 3.11. The summed E-state index contributed by atoms with van der Waals surface area (Å²) in [5.74, 6) is 0.102.